The van der Waals surface area contributed by atoms with Crippen LogP contribution < -0.4 is 5.73 Å². The minimum absolute atomic E-state index is 0.0924. The van der Waals surface area contributed by atoms with E-state index in [1.165, 1.54) is 0 Å². The van der Waals surface area contributed by atoms with Gasteiger partial charge in [-0.25, -0.2) is 4.79 Å². The average Bonchev–Trinajstić information content (AvgIpc) is 2.92. The fourth-order valence-corrected chi connectivity index (χ4v) is 2.85. The van der Waals surface area contributed by atoms with Gasteiger partial charge in [-0.3, -0.25) is 9.59 Å². The summed E-state index contributed by atoms with van der Waals surface area (Å²) in [5, 5.41) is 17.8. The molecule has 1 aliphatic rings. The molecule has 4 N–H and O–H groups in total. The molecule has 0 aromatic rings. The summed E-state index contributed by atoms with van der Waals surface area (Å²) in [6.07, 6.45) is 1.35. The maximum absolute atomic E-state index is 12.0. The van der Waals surface area contributed by atoms with Crippen molar-refractivity contribution in [2.24, 2.45) is 11.7 Å². The zero-order chi connectivity index (χ0) is 16.9. The van der Waals surface area contributed by atoms with E-state index >= 15 is 0 Å². The molecule has 0 aromatic heterocycles. The van der Waals surface area contributed by atoms with E-state index in [4.69, 9.17) is 28.2 Å². The number of ketones is 1. The molecule has 0 aromatic carbocycles. The van der Waals surface area contributed by atoms with Gasteiger partial charge in [-0.05, 0) is 19.3 Å². The second-order valence-electron chi connectivity index (χ2n) is 5.64. The summed E-state index contributed by atoms with van der Waals surface area (Å²) < 4.78 is 0. The number of Topliss-reactive ketones (excluding diaryl/α,β-unsaturated/α-hetero) is 1. The molecular weight excluding hydrogens is 308 g/mol. The van der Waals surface area contributed by atoms with Crippen LogP contribution in [-0.2, 0) is 14.4 Å². The Hall–Kier alpha value is -1.54. The molecule has 0 saturated carbocycles. The highest BCUT2D eigenvalue weighted by Gasteiger charge is 2.34. The quantitative estimate of drug-likeness (QED) is 0.555. The highest BCUT2D eigenvalue weighted by Crippen LogP contribution is 2.22. The topological polar surface area (TPSA) is 121 Å². The zero-order valence-corrected chi connectivity index (χ0v) is 13.3. The fraction of sp³-hybridized carbons (Fsp3) is 0.714. The Morgan fingerprint density at radius 3 is 2.55 bits per heavy atom. The summed E-state index contributed by atoms with van der Waals surface area (Å²) in [4.78, 5) is 35.8. The van der Waals surface area contributed by atoms with Crippen LogP contribution in [0.1, 0.15) is 39.0 Å². The van der Waals surface area contributed by atoms with Crippen molar-refractivity contribution in [3.05, 3.63) is 0 Å². The van der Waals surface area contributed by atoms with Crippen LogP contribution >= 0.6 is 12.2 Å². The van der Waals surface area contributed by atoms with E-state index < -0.39 is 24.0 Å². The van der Waals surface area contributed by atoms with Crippen LogP contribution in [0.4, 0.5) is 0 Å². The molecule has 1 rings (SSSR count). The molecule has 1 unspecified atom stereocenters. The Balaban J connectivity index is 2.54. The average molecular weight is 330 g/mol. The van der Waals surface area contributed by atoms with E-state index in [2.05, 4.69) is 0 Å². The number of nitrogens with two attached hydrogens (primary N) is 1. The lowest BCUT2D eigenvalue weighted by Crippen LogP contribution is -2.43. The Morgan fingerprint density at radius 1 is 1.36 bits per heavy atom. The van der Waals surface area contributed by atoms with Gasteiger partial charge >= 0.3 is 11.9 Å². The van der Waals surface area contributed by atoms with Crippen molar-refractivity contribution in [1.82, 2.24) is 4.90 Å². The number of carbonyl (C=O) groups excluding carboxylic acids is 1. The molecule has 7 nitrogen and oxygen atoms in total. The summed E-state index contributed by atoms with van der Waals surface area (Å²) in [5.41, 5.74) is 5.68. The molecule has 0 spiro atoms. The summed E-state index contributed by atoms with van der Waals surface area (Å²) in [6, 6.07) is -1.44. The van der Waals surface area contributed by atoms with Gasteiger partial charge in [0, 0.05) is 25.3 Å². The number of likely N-dealkylation sites (tertiary alicyclic amines) is 1. The SMILES string of the molecule is CC(CC(=O)[C@H](N)CCC(=O)O)C(=S)N1CCC[C@H]1C(=O)O. The van der Waals surface area contributed by atoms with Crippen LogP contribution in [0, 0.1) is 5.92 Å². The van der Waals surface area contributed by atoms with Crippen LogP contribution in [0.25, 0.3) is 0 Å². The van der Waals surface area contributed by atoms with Crippen molar-refractivity contribution < 1.29 is 24.6 Å². The van der Waals surface area contributed by atoms with Crippen molar-refractivity contribution in [1.29, 1.82) is 0 Å². The van der Waals surface area contributed by atoms with E-state index in [0.29, 0.717) is 18.0 Å². The van der Waals surface area contributed by atoms with Crippen LogP contribution in [0.2, 0.25) is 0 Å². The van der Waals surface area contributed by atoms with Crippen molar-refractivity contribution in [3.63, 3.8) is 0 Å². The van der Waals surface area contributed by atoms with Crippen LogP contribution in [-0.4, -0.2) is 56.5 Å². The molecule has 0 radical (unpaired) electrons. The molecule has 22 heavy (non-hydrogen) atoms. The van der Waals surface area contributed by atoms with E-state index in [1.807, 2.05) is 0 Å². The molecule has 8 heteroatoms. The van der Waals surface area contributed by atoms with E-state index in [9.17, 15) is 14.4 Å². The Bertz CT molecular complexity index is 468. The molecule has 3 atom stereocenters. The molecule has 124 valence electrons. The van der Waals surface area contributed by atoms with Crippen molar-refractivity contribution >= 4 is 34.9 Å². The summed E-state index contributed by atoms with van der Waals surface area (Å²) in [5.74, 6) is -2.44. The predicted molar refractivity (Wildman–Crippen MR) is 83.6 cm³/mol. The highest BCUT2D eigenvalue weighted by atomic mass is 32.1. The number of hydrogen-bond acceptors (Lipinski definition) is 5. The number of carbonyl (C=O) groups is 3. The Kier molecular flexibility index (Phi) is 6.89. The predicted octanol–water partition coefficient (Wildman–Crippen LogP) is 0.650. The maximum atomic E-state index is 12.0. The fourth-order valence-electron chi connectivity index (χ4n) is 2.55. The molecule has 1 aliphatic heterocycles. The van der Waals surface area contributed by atoms with Gasteiger partial charge < -0.3 is 20.8 Å². The second-order valence-corrected chi connectivity index (χ2v) is 6.06. The molecule has 1 saturated heterocycles. The number of rotatable bonds is 8. The van der Waals surface area contributed by atoms with E-state index in [0.717, 1.165) is 6.42 Å². The lowest BCUT2D eigenvalue weighted by molar-refractivity contribution is -0.141. The number of thiocarbonyl (C=S) groups is 1. The molecule has 0 amide bonds. The largest absolute Gasteiger partial charge is 0.481 e. The summed E-state index contributed by atoms with van der Waals surface area (Å²) >= 11 is 5.32. The van der Waals surface area contributed by atoms with Gasteiger partial charge in [0.05, 0.1) is 11.0 Å². The van der Waals surface area contributed by atoms with Gasteiger partial charge in [0.25, 0.3) is 0 Å². The smallest absolute Gasteiger partial charge is 0.326 e. The number of nitrogens with zero attached hydrogens (tertiary/aromatic N) is 1. The first-order valence-electron chi connectivity index (χ1n) is 7.27. The number of hydrogen-bond donors (Lipinski definition) is 3. The molecule has 0 aliphatic carbocycles. The molecule has 0 bridgehead atoms. The van der Waals surface area contributed by atoms with Crippen LogP contribution in [0.5, 0.6) is 0 Å². The molecular formula is C14H22N2O5S. The first-order chi connectivity index (χ1) is 10.2. The van der Waals surface area contributed by atoms with Gasteiger partial charge in [-0.2, -0.15) is 0 Å². The zero-order valence-electron chi connectivity index (χ0n) is 12.5. The van der Waals surface area contributed by atoms with Gasteiger partial charge in [-0.1, -0.05) is 19.1 Å². The van der Waals surface area contributed by atoms with Gasteiger partial charge in [-0.15, -0.1) is 0 Å². The van der Waals surface area contributed by atoms with E-state index in [1.54, 1.807) is 11.8 Å². The third kappa shape index (κ3) is 5.03. The lowest BCUT2D eigenvalue weighted by Gasteiger charge is -2.28. The van der Waals surface area contributed by atoms with Gasteiger partial charge in [0.1, 0.15) is 11.8 Å². The normalized spacial score (nSPS) is 20.5. The second kappa shape index (κ2) is 8.19. The monoisotopic (exact) mass is 330 g/mol. The molecule has 1 fully saturated rings. The van der Waals surface area contributed by atoms with Crippen molar-refractivity contribution in [3.8, 4) is 0 Å². The standard InChI is InChI=1S/C14H22N2O5S/c1-8(7-11(17)9(15)4-5-12(18)19)13(22)16-6-2-3-10(16)14(20)21/h8-10H,2-7,15H2,1H3,(H,18,19)(H,20,21)/t8?,9-,10+/m1/s1. The van der Waals surface area contributed by atoms with Crippen molar-refractivity contribution in [2.75, 3.05) is 6.54 Å². The minimum atomic E-state index is -0.992. The Labute approximate surface area is 134 Å². The number of aliphatic carboxylic acids is 2. The third-order valence-corrected chi connectivity index (χ3v) is 4.47. The van der Waals surface area contributed by atoms with Gasteiger partial charge in [0.2, 0.25) is 0 Å². The number of carboxylic acid groups (broad SMARTS) is 2. The minimum Gasteiger partial charge on any atom is -0.481 e. The first-order valence-corrected chi connectivity index (χ1v) is 7.68. The Morgan fingerprint density at radius 2 is 2.00 bits per heavy atom. The van der Waals surface area contributed by atoms with E-state index in [-0.39, 0.29) is 31.0 Å². The summed E-state index contributed by atoms with van der Waals surface area (Å²) in [6.45, 7) is 2.35. The maximum Gasteiger partial charge on any atom is 0.326 e. The number of carboxylic acids is 2. The van der Waals surface area contributed by atoms with Crippen LogP contribution in [0.15, 0.2) is 0 Å². The first kappa shape index (κ1) is 18.5. The molecule has 1 heterocycles. The highest BCUT2D eigenvalue weighted by molar-refractivity contribution is 7.80. The third-order valence-electron chi connectivity index (χ3n) is 3.83. The van der Waals surface area contributed by atoms with Gasteiger partial charge in [0.15, 0.2) is 0 Å². The van der Waals surface area contributed by atoms with Crippen LogP contribution in [0.3, 0.4) is 0 Å². The van der Waals surface area contributed by atoms with Crippen molar-refractivity contribution in [2.45, 2.75) is 51.1 Å². The lowest BCUT2D eigenvalue weighted by atomic mass is 9.97. The summed E-state index contributed by atoms with van der Waals surface area (Å²) in [7, 11) is 0.